The molecule has 0 fully saturated rings. The first-order valence-corrected chi connectivity index (χ1v) is 6.95. The van der Waals surface area contributed by atoms with Crippen LogP contribution in [0.3, 0.4) is 0 Å². The van der Waals surface area contributed by atoms with Crippen LogP contribution in [0.2, 0.25) is 0 Å². The molecule has 0 aromatic carbocycles. The van der Waals surface area contributed by atoms with Crippen molar-refractivity contribution in [1.82, 2.24) is 14.9 Å². The van der Waals surface area contributed by atoms with Crippen LogP contribution in [0.25, 0.3) is 0 Å². The van der Waals surface area contributed by atoms with Crippen LogP contribution >= 0.6 is 0 Å². The van der Waals surface area contributed by atoms with E-state index in [1.165, 1.54) is 25.0 Å². The molecule has 98 valence electrons. The fourth-order valence-electron chi connectivity index (χ4n) is 2.34. The van der Waals surface area contributed by atoms with Crippen molar-refractivity contribution < 1.29 is 0 Å². The zero-order valence-corrected chi connectivity index (χ0v) is 11.8. The van der Waals surface area contributed by atoms with Gasteiger partial charge in [-0.3, -0.25) is 0 Å². The third-order valence-corrected chi connectivity index (χ3v) is 3.94. The molecular weight excluding hydrogens is 210 g/mol. The third-order valence-electron chi connectivity index (χ3n) is 3.94. The SMILES string of the molecule is CCCn1cncc1CNC(CC)(CC)CC. The van der Waals surface area contributed by atoms with Crippen molar-refractivity contribution in [3.05, 3.63) is 18.2 Å². The summed E-state index contributed by atoms with van der Waals surface area (Å²) in [6.07, 6.45) is 8.62. The summed E-state index contributed by atoms with van der Waals surface area (Å²) in [5.74, 6) is 0. The van der Waals surface area contributed by atoms with Gasteiger partial charge >= 0.3 is 0 Å². The van der Waals surface area contributed by atoms with Gasteiger partial charge in [0.05, 0.1) is 12.0 Å². The number of imidazole rings is 1. The molecule has 0 unspecified atom stereocenters. The van der Waals surface area contributed by atoms with E-state index in [1.807, 2.05) is 12.5 Å². The molecule has 0 spiro atoms. The first-order valence-electron chi connectivity index (χ1n) is 6.95. The van der Waals surface area contributed by atoms with Crippen LogP contribution in [0.15, 0.2) is 12.5 Å². The Morgan fingerprint density at radius 3 is 2.35 bits per heavy atom. The lowest BCUT2D eigenvalue weighted by atomic mass is 9.90. The van der Waals surface area contributed by atoms with Crippen LogP contribution in [0.4, 0.5) is 0 Å². The fourth-order valence-corrected chi connectivity index (χ4v) is 2.34. The van der Waals surface area contributed by atoms with E-state index in [0.29, 0.717) is 5.54 Å². The summed E-state index contributed by atoms with van der Waals surface area (Å²) in [7, 11) is 0. The first kappa shape index (κ1) is 14.2. The van der Waals surface area contributed by atoms with Crippen LogP contribution in [0.5, 0.6) is 0 Å². The van der Waals surface area contributed by atoms with Gasteiger partial charge in [-0.05, 0) is 25.7 Å². The summed E-state index contributed by atoms with van der Waals surface area (Å²) in [6, 6.07) is 0. The highest BCUT2D eigenvalue weighted by atomic mass is 15.1. The maximum absolute atomic E-state index is 4.24. The second kappa shape index (κ2) is 6.80. The van der Waals surface area contributed by atoms with Gasteiger partial charge in [-0.2, -0.15) is 0 Å². The molecular formula is C14H27N3. The second-order valence-electron chi connectivity index (χ2n) is 4.77. The normalized spacial score (nSPS) is 12.0. The summed E-state index contributed by atoms with van der Waals surface area (Å²) in [5.41, 5.74) is 1.59. The highest BCUT2D eigenvalue weighted by Gasteiger charge is 2.22. The molecule has 1 heterocycles. The van der Waals surface area contributed by atoms with Crippen molar-refractivity contribution in [2.45, 2.75) is 72.0 Å². The number of nitrogens with zero attached hydrogens (tertiary/aromatic N) is 2. The zero-order chi connectivity index (χ0) is 12.7. The molecule has 1 N–H and O–H groups in total. The molecule has 3 heteroatoms. The van der Waals surface area contributed by atoms with E-state index >= 15 is 0 Å². The maximum atomic E-state index is 4.24. The van der Waals surface area contributed by atoms with Gasteiger partial charge in [-0.1, -0.05) is 27.7 Å². The van der Waals surface area contributed by atoms with E-state index < -0.39 is 0 Å². The van der Waals surface area contributed by atoms with Crippen LogP contribution in [0.1, 0.15) is 59.1 Å². The van der Waals surface area contributed by atoms with Gasteiger partial charge in [-0.25, -0.2) is 4.98 Å². The van der Waals surface area contributed by atoms with Crippen molar-refractivity contribution in [2.24, 2.45) is 0 Å². The summed E-state index contributed by atoms with van der Waals surface area (Å²) in [5, 5.41) is 3.72. The van der Waals surface area contributed by atoms with E-state index in [0.717, 1.165) is 19.5 Å². The third kappa shape index (κ3) is 3.56. The van der Waals surface area contributed by atoms with E-state index in [2.05, 4.69) is 42.6 Å². The predicted molar refractivity (Wildman–Crippen MR) is 73.0 cm³/mol. The Balaban J connectivity index is 2.62. The molecule has 3 nitrogen and oxygen atoms in total. The first-order chi connectivity index (χ1) is 8.21. The van der Waals surface area contributed by atoms with Gasteiger partial charge < -0.3 is 9.88 Å². The largest absolute Gasteiger partial charge is 0.333 e. The Hall–Kier alpha value is -0.830. The minimum Gasteiger partial charge on any atom is -0.333 e. The van der Waals surface area contributed by atoms with Crippen molar-refractivity contribution in [3.63, 3.8) is 0 Å². The van der Waals surface area contributed by atoms with E-state index in [4.69, 9.17) is 0 Å². The Morgan fingerprint density at radius 1 is 1.18 bits per heavy atom. The maximum Gasteiger partial charge on any atom is 0.0948 e. The minimum atomic E-state index is 0.293. The molecule has 1 aromatic heterocycles. The Labute approximate surface area is 106 Å². The molecule has 1 rings (SSSR count). The number of hydrogen-bond acceptors (Lipinski definition) is 2. The number of hydrogen-bond donors (Lipinski definition) is 1. The average molecular weight is 237 g/mol. The minimum absolute atomic E-state index is 0.293. The number of aryl methyl sites for hydroxylation is 1. The van der Waals surface area contributed by atoms with Crippen LogP contribution in [-0.2, 0) is 13.1 Å². The van der Waals surface area contributed by atoms with Gasteiger partial charge in [0, 0.05) is 24.8 Å². The quantitative estimate of drug-likeness (QED) is 0.751. The van der Waals surface area contributed by atoms with E-state index in [9.17, 15) is 0 Å². The van der Waals surface area contributed by atoms with E-state index in [-0.39, 0.29) is 0 Å². The number of nitrogens with one attached hydrogen (secondary N) is 1. The average Bonchev–Trinajstić information content (AvgIpc) is 2.80. The Bertz CT molecular complexity index is 305. The standard InChI is InChI=1S/C14H27N3/c1-5-9-17-12-15-10-13(17)11-16-14(6-2,7-3)8-4/h10,12,16H,5-9,11H2,1-4H3. The molecule has 0 atom stereocenters. The number of aromatic nitrogens is 2. The van der Waals surface area contributed by atoms with Crippen LogP contribution in [-0.4, -0.2) is 15.1 Å². The van der Waals surface area contributed by atoms with Crippen molar-refractivity contribution in [2.75, 3.05) is 0 Å². The summed E-state index contributed by atoms with van der Waals surface area (Å²) in [6.45, 7) is 11.0. The molecule has 0 aliphatic rings. The molecule has 0 aliphatic carbocycles. The topological polar surface area (TPSA) is 29.9 Å². The lowest BCUT2D eigenvalue weighted by molar-refractivity contribution is 0.285. The van der Waals surface area contributed by atoms with Crippen molar-refractivity contribution in [1.29, 1.82) is 0 Å². The summed E-state index contributed by atoms with van der Waals surface area (Å²) in [4.78, 5) is 4.24. The molecule has 0 radical (unpaired) electrons. The molecule has 0 saturated heterocycles. The monoisotopic (exact) mass is 237 g/mol. The molecule has 0 bridgehead atoms. The lowest BCUT2D eigenvalue weighted by Gasteiger charge is -2.32. The molecule has 17 heavy (non-hydrogen) atoms. The summed E-state index contributed by atoms with van der Waals surface area (Å²) < 4.78 is 2.25. The van der Waals surface area contributed by atoms with Gasteiger partial charge in [-0.15, -0.1) is 0 Å². The van der Waals surface area contributed by atoms with Gasteiger partial charge in [0.2, 0.25) is 0 Å². The molecule has 0 amide bonds. The lowest BCUT2D eigenvalue weighted by Crippen LogP contribution is -2.43. The van der Waals surface area contributed by atoms with Gasteiger partial charge in [0.1, 0.15) is 0 Å². The fraction of sp³-hybridized carbons (Fsp3) is 0.786. The Kier molecular flexibility index (Phi) is 5.69. The van der Waals surface area contributed by atoms with Crippen LogP contribution in [0, 0.1) is 0 Å². The highest BCUT2D eigenvalue weighted by Crippen LogP contribution is 2.19. The van der Waals surface area contributed by atoms with Crippen molar-refractivity contribution in [3.8, 4) is 0 Å². The molecule has 0 aliphatic heterocycles. The summed E-state index contributed by atoms with van der Waals surface area (Å²) >= 11 is 0. The van der Waals surface area contributed by atoms with Gasteiger partial charge in [0.15, 0.2) is 0 Å². The van der Waals surface area contributed by atoms with Gasteiger partial charge in [0.25, 0.3) is 0 Å². The number of rotatable bonds is 8. The molecule has 0 saturated carbocycles. The highest BCUT2D eigenvalue weighted by molar-refractivity contribution is 4.99. The van der Waals surface area contributed by atoms with Crippen molar-refractivity contribution >= 4 is 0 Å². The van der Waals surface area contributed by atoms with Crippen LogP contribution < -0.4 is 5.32 Å². The smallest absolute Gasteiger partial charge is 0.0948 e. The zero-order valence-electron chi connectivity index (χ0n) is 11.8. The molecule has 1 aromatic rings. The van der Waals surface area contributed by atoms with E-state index in [1.54, 1.807) is 0 Å². The second-order valence-corrected chi connectivity index (χ2v) is 4.77. The Morgan fingerprint density at radius 2 is 1.82 bits per heavy atom. The predicted octanol–water partition coefficient (Wildman–Crippen LogP) is 3.35.